The minimum Gasteiger partial charge on any atom is -0.352 e. The Morgan fingerprint density at radius 1 is 1.10 bits per heavy atom. The lowest BCUT2D eigenvalue weighted by Crippen LogP contribution is -2.13. The summed E-state index contributed by atoms with van der Waals surface area (Å²) in [5.41, 5.74) is 3.92. The molecule has 0 unspecified atom stereocenters. The highest BCUT2D eigenvalue weighted by Crippen LogP contribution is 2.32. The summed E-state index contributed by atoms with van der Waals surface area (Å²) < 4.78 is 0. The maximum absolute atomic E-state index is 12.6. The first-order valence-electron chi connectivity index (χ1n) is 6.71. The summed E-state index contributed by atoms with van der Waals surface area (Å²) in [6, 6.07) is 12.2. The Morgan fingerprint density at radius 2 is 2.00 bits per heavy atom. The van der Waals surface area contributed by atoms with Crippen molar-refractivity contribution in [2.24, 2.45) is 0 Å². The molecular formula is C17H13NOS. The summed E-state index contributed by atoms with van der Waals surface area (Å²) in [5.74, 6) is 0.149. The Morgan fingerprint density at radius 3 is 2.85 bits per heavy atom. The molecule has 20 heavy (non-hydrogen) atoms. The molecule has 0 amide bonds. The summed E-state index contributed by atoms with van der Waals surface area (Å²) in [4.78, 5) is 17.1. The molecule has 2 heterocycles. The highest BCUT2D eigenvalue weighted by molar-refractivity contribution is 7.10. The highest BCUT2D eigenvalue weighted by Gasteiger charge is 2.25. The van der Waals surface area contributed by atoms with Crippen LogP contribution in [0.15, 0.2) is 47.4 Å². The monoisotopic (exact) mass is 279 g/mol. The number of para-hydroxylation sites is 1. The Bertz CT molecular complexity index is 824. The third kappa shape index (κ3) is 1.74. The quantitative estimate of drug-likeness (QED) is 0.656. The SMILES string of the molecule is O=C1C(=Cc2cccs2)CCc2c1[nH]c1ccccc21. The van der Waals surface area contributed by atoms with E-state index in [0.29, 0.717) is 0 Å². The van der Waals surface area contributed by atoms with E-state index in [1.165, 1.54) is 10.9 Å². The summed E-state index contributed by atoms with van der Waals surface area (Å²) in [6.07, 6.45) is 3.79. The number of H-pyrrole nitrogens is 1. The number of carbonyl (C=O) groups excluding carboxylic acids is 1. The second kappa shape index (κ2) is 4.46. The number of hydrogen-bond donors (Lipinski definition) is 1. The minimum absolute atomic E-state index is 0.149. The molecule has 98 valence electrons. The molecule has 1 aromatic carbocycles. The van der Waals surface area contributed by atoms with E-state index in [1.54, 1.807) is 11.3 Å². The predicted molar refractivity (Wildman–Crippen MR) is 83.2 cm³/mol. The third-order valence-corrected chi connectivity index (χ3v) is 4.66. The number of thiophene rings is 1. The van der Waals surface area contributed by atoms with Crippen LogP contribution in [0.2, 0.25) is 0 Å². The third-order valence-electron chi connectivity index (χ3n) is 3.84. The van der Waals surface area contributed by atoms with Crippen LogP contribution in [0, 0.1) is 0 Å². The highest BCUT2D eigenvalue weighted by atomic mass is 32.1. The van der Waals surface area contributed by atoms with Crippen molar-refractivity contribution >= 4 is 34.1 Å². The zero-order valence-corrected chi connectivity index (χ0v) is 11.7. The average molecular weight is 279 g/mol. The topological polar surface area (TPSA) is 32.9 Å². The fourth-order valence-electron chi connectivity index (χ4n) is 2.87. The van der Waals surface area contributed by atoms with Crippen molar-refractivity contribution in [1.82, 2.24) is 4.98 Å². The molecule has 1 aliphatic carbocycles. The lowest BCUT2D eigenvalue weighted by atomic mass is 9.90. The number of benzene rings is 1. The van der Waals surface area contributed by atoms with E-state index in [2.05, 4.69) is 11.1 Å². The first-order valence-corrected chi connectivity index (χ1v) is 7.59. The van der Waals surface area contributed by atoms with Crippen LogP contribution in [0.5, 0.6) is 0 Å². The van der Waals surface area contributed by atoms with Gasteiger partial charge in [-0.2, -0.15) is 0 Å². The number of Topliss-reactive ketones (excluding diaryl/α,β-unsaturated/α-hetero) is 1. The maximum atomic E-state index is 12.6. The Kier molecular flexibility index (Phi) is 2.60. The number of rotatable bonds is 1. The van der Waals surface area contributed by atoms with E-state index in [0.717, 1.165) is 34.5 Å². The number of aromatic amines is 1. The summed E-state index contributed by atoms with van der Waals surface area (Å²) in [5, 5.41) is 3.22. The van der Waals surface area contributed by atoms with E-state index >= 15 is 0 Å². The smallest absolute Gasteiger partial charge is 0.205 e. The van der Waals surface area contributed by atoms with Crippen molar-refractivity contribution in [3.05, 3.63) is 63.5 Å². The van der Waals surface area contributed by atoms with E-state index < -0.39 is 0 Å². The van der Waals surface area contributed by atoms with Crippen LogP contribution < -0.4 is 0 Å². The van der Waals surface area contributed by atoms with E-state index in [4.69, 9.17) is 0 Å². The number of nitrogens with one attached hydrogen (secondary N) is 1. The fraction of sp³-hybridized carbons (Fsp3) is 0.118. The molecule has 3 aromatic rings. The lowest BCUT2D eigenvalue weighted by molar-refractivity contribution is 0.102. The van der Waals surface area contributed by atoms with E-state index in [-0.39, 0.29) is 5.78 Å². The fourth-order valence-corrected chi connectivity index (χ4v) is 3.55. The van der Waals surface area contributed by atoms with Gasteiger partial charge in [-0.3, -0.25) is 4.79 Å². The summed E-state index contributed by atoms with van der Waals surface area (Å²) in [6.45, 7) is 0. The minimum atomic E-state index is 0.149. The number of aromatic nitrogens is 1. The molecule has 0 saturated heterocycles. The molecule has 0 saturated carbocycles. The summed E-state index contributed by atoms with van der Waals surface area (Å²) in [7, 11) is 0. The molecule has 1 aliphatic rings. The number of allylic oxidation sites excluding steroid dienone is 1. The summed E-state index contributed by atoms with van der Waals surface area (Å²) >= 11 is 1.67. The molecule has 0 fully saturated rings. The number of fused-ring (bicyclic) bond motifs is 3. The van der Waals surface area contributed by atoms with Crippen LogP contribution in [0.4, 0.5) is 0 Å². The molecule has 0 aliphatic heterocycles. The number of carbonyl (C=O) groups is 1. The van der Waals surface area contributed by atoms with Gasteiger partial charge in [-0.15, -0.1) is 11.3 Å². The van der Waals surface area contributed by atoms with Crippen molar-refractivity contribution in [2.75, 3.05) is 0 Å². The van der Waals surface area contributed by atoms with Gasteiger partial charge in [0.05, 0.1) is 5.69 Å². The molecule has 2 nitrogen and oxygen atoms in total. The first-order chi connectivity index (χ1) is 9.83. The van der Waals surface area contributed by atoms with Crippen LogP contribution in [-0.2, 0) is 6.42 Å². The molecule has 3 heteroatoms. The van der Waals surface area contributed by atoms with Crippen LogP contribution in [0.1, 0.15) is 27.3 Å². The van der Waals surface area contributed by atoms with Crippen molar-refractivity contribution in [2.45, 2.75) is 12.8 Å². The van der Waals surface area contributed by atoms with Gasteiger partial charge in [0.25, 0.3) is 0 Å². The molecule has 4 rings (SSSR count). The Labute approximate surface area is 120 Å². The van der Waals surface area contributed by atoms with Crippen LogP contribution in [0.25, 0.3) is 17.0 Å². The standard InChI is InChI=1S/C17H13NOS/c19-17-11(10-12-4-3-9-20-12)7-8-14-13-5-1-2-6-15(13)18-16(14)17/h1-6,9-10,18H,7-8H2. The molecule has 0 atom stereocenters. The maximum Gasteiger partial charge on any atom is 0.205 e. The molecule has 0 bridgehead atoms. The zero-order chi connectivity index (χ0) is 13.5. The predicted octanol–water partition coefficient (Wildman–Crippen LogP) is 4.44. The van der Waals surface area contributed by atoms with Gasteiger partial charge in [0.2, 0.25) is 5.78 Å². The van der Waals surface area contributed by atoms with Gasteiger partial charge in [0.1, 0.15) is 0 Å². The Hall–Kier alpha value is -2.13. The first kappa shape index (κ1) is 11.7. The van der Waals surface area contributed by atoms with E-state index in [9.17, 15) is 4.79 Å². The number of hydrogen-bond acceptors (Lipinski definition) is 2. The number of aryl methyl sites for hydroxylation is 1. The van der Waals surface area contributed by atoms with Crippen molar-refractivity contribution in [3.8, 4) is 0 Å². The zero-order valence-electron chi connectivity index (χ0n) is 10.8. The van der Waals surface area contributed by atoms with Crippen molar-refractivity contribution in [1.29, 1.82) is 0 Å². The van der Waals surface area contributed by atoms with Gasteiger partial charge >= 0.3 is 0 Å². The van der Waals surface area contributed by atoms with Crippen molar-refractivity contribution in [3.63, 3.8) is 0 Å². The largest absolute Gasteiger partial charge is 0.352 e. The second-order valence-electron chi connectivity index (χ2n) is 5.04. The molecular weight excluding hydrogens is 266 g/mol. The van der Waals surface area contributed by atoms with Gasteiger partial charge < -0.3 is 4.98 Å². The Balaban J connectivity index is 1.83. The van der Waals surface area contributed by atoms with Crippen LogP contribution in [0.3, 0.4) is 0 Å². The van der Waals surface area contributed by atoms with E-state index in [1.807, 2.05) is 41.8 Å². The molecule has 0 spiro atoms. The van der Waals surface area contributed by atoms with Gasteiger partial charge in [0, 0.05) is 21.4 Å². The van der Waals surface area contributed by atoms with Crippen molar-refractivity contribution < 1.29 is 4.79 Å². The van der Waals surface area contributed by atoms with Crippen LogP contribution >= 0.6 is 11.3 Å². The van der Waals surface area contributed by atoms with Crippen LogP contribution in [-0.4, -0.2) is 10.8 Å². The molecule has 0 radical (unpaired) electrons. The van der Waals surface area contributed by atoms with Gasteiger partial charge in [-0.05, 0) is 42.0 Å². The lowest BCUT2D eigenvalue weighted by Gasteiger charge is -2.13. The second-order valence-corrected chi connectivity index (χ2v) is 6.02. The number of ketones is 1. The van der Waals surface area contributed by atoms with Gasteiger partial charge in [0.15, 0.2) is 0 Å². The normalized spacial score (nSPS) is 16.8. The van der Waals surface area contributed by atoms with Gasteiger partial charge in [-0.1, -0.05) is 24.3 Å². The van der Waals surface area contributed by atoms with Gasteiger partial charge in [-0.25, -0.2) is 0 Å². The molecule has 2 aromatic heterocycles. The molecule has 1 N–H and O–H groups in total. The average Bonchev–Trinajstić information content (AvgIpc) is 3.09.